The Labute approximate surface area is 140 Å². The Morgan fingerprint density at radius 2 is 2.00 bits per heavy atom. The Balaban J connectivity index is 1.44. The van der Waals surface area contributed by atoms with Gasteiger partial charge in [-0.15, -0.1) is 0 Å². The zero-order valence-electron chi connectivity index (χ0n) is 13.6. The van der Waals surface area contributed by atoms with Crippen LogP contribution < -0.4 is 5.32 Å². The van der Waals surface area contributed by atoms with Gasteiger partial charge in [0.05, 0.1) is 0 Å². The number of piperazine rings is 1. The van der Waals surface area contributed by atoms with Crippen LogP contribution in [0.25, 0.3) is 0 Å². The fourth-order valence-electron chi connectivity index (χ4n) is 3.96. The minimum absolute atomic E-state index is 0.155. The first-order chi connectivity index (χ1) is 11.6. The summed E-state index contributed by atoms with van der Waals surface area (Å²) in [6.45, 7) is 1.75. The predicted molar refractivity (Wildman–Crippen MR) is 89.0 cm³/mol. The Hall–Kier alpha value is -2.37. The van der Waals surface area contributed by atoms with Gasteiger partial charge in [-0.3, -0.25) is 9.59 Å². The summed E-state index contributed by atoms with van der Waals surface area (Å²) in [5.74, 6) is 0.360. The Kier molecular flexibility index (Phi) is 3.75. The van der Waals surface area contributed by atoms with Gasteiger partial charge in [0.15, 0.2) is 5.78 Å². The second-order valence-electron chi connectivity index (χ2n) is 6.80. The topological polar surface area (TPSA) is 69.7 Å². The van der Waals surface area contributed by atoms with Crippen LogP contribution in [0.1, 0.15) is 41.6 Å². The lowest BCUT2D eigenvalue weighted by Crippen LogP contribution is -2.54. The van der Waals surface area contributed by atoms with Gasteiger partial charge < -0.3 is 15.1 Å². The lowest BCUT2D eigenvalue weighted by atomic mass is 9.90. The van der Waals surface area contributed by atoms with Crippen LogP contribution in [0.4, 0.5) is 10.5 Å². The van der Waals surface area contributed by atoms with E-state index in [0.717, 1.165) is 30.4 Å². The monoisotopic (exact) mass is 327 g/mol. The van der Waals surface area contributed by atoms with Crippen molar-refractivity contribution in [2.75, 3.05) is 25.0 Å². The standard InChI is InChI=1S/C18H21N3O3/c22-16-3-1-2-12-4-5-13(10-15(12)16)19-18(24)20-8-9-21-14(11-20)6-7-17(21)23/h4-5,10,14H,1-3,6-9,11H2,(H,19,24). The molecule has 1 aromatic carbocycles. The highest BCUT2D eigenvalue weighted by molar-refractivity contribution is 6.00. The van der Waals surface area contributed by atoms with E-state index in [2.05, 4.69) is 5.32 Å². The summed E-state index contributed by atoms with van der Waals surface area (Å²) in [4.78, 5) is 39.9. The SMILES string of the molecule is O=C1CCCc2ccc(NC(=O)N3CCN4C(=O)CCC4C3)cc21. The molecular weight excluding hydrogens is 306 g/mol. The van der Waals surface area contributed by atoms with Gasteiger partial charge in [-0.2, -0.15) is 0 Å². The fourth-order valence-corrected chi connectivity index (χ4v) is 3.96. The van der Waals surface area contributed by atoms with Gasteiger partial charge in [0, 0.05) is 49.8 Å². The molecule has 3 aliphatic rings. The number of carbonyl (C=O) groups excluding carboxylic acids is 3. The number of nitrogens with one attached hydrogen (secondary N) is 1. The summed E-state index contributed by atoms with van der Waals surface area (Å²) in [7, 11) is 0. The second kappa shape index (κ2) is 5.92. The Bertz CT molecular complexity index is 715. The second-order valence-corrected chi connectivity index (χ2v) is 6.80. The van der Waals surface area contributed by atoms with Crippen LogP contribution in [0.3, 0.4) is 0 Å². The molecule has 0 spiro atoms. The molecule has 126 valence electrons. The number of urea groups is 1. The molecule has 0 aromatic heterocycles. The van der Waals surface area contributed by atoms with Crippen molar-refractivity contribution in [1.29, 1.82) is 0 Å². The molecule has 1 aromatic rings. The highest BCUT2D eigenvalue weighted by Gasteiger charge is 2.36. The van der Waals surface area contributed by atoms with Crippen molar-refractivity contribution in [2.24, 2.45) is 0 Å². The zero-order chi connectivity index (χ0) is 16.7. The van der Waals surface area contributed by atoms with Crippen LogP contribution in [0.2, 0.25) is 0 Å². The molecule has 2 heterocycles. The van der Waals surface area contributed by atoms with E-state index in [-0.39, 0.29) is 23.8 Å². The van der Waals surface area contributed by atoms with Crippen LogP contribution in [0.15, 0.2) is 18.2 Å². The van der Waals surface area contributed by atoms with Crippen LogP contribution in [0, 0.1) is 0 Å². The van der Waals surface area contributed by atoms with Gasteiger partial charge in [0.25, 0.3) is 0 Å². The van der Waals surface area contributed by atoms with Gasteiger partial charge in [-0.25, -0.2) is 4.79 Å². The first kappa shape index (κ1) is 15.2. The number of ketones is 1. The first-order valence-corrected chi connectivity index (χ1v) is 8.63. The average Bonchev–Trinajstić information content (AvgIpc) is 2.96. The molecule has 2 fully saturated rings. The molecule has 2 aliphatic heterocycles. The van der Waals surface area contributed by atoms with Crippen LogP contribution >= 0.6 is 0 Å². The molecule has 1 atom stereocenters. The van der Waals surface area contributed by atoms with E-state index in [4.69, 9.17) is 0 Å². The van der Waals surface area contributed by atoms with Gasteiger partial charge in [0.1, 0.15) is 0 Å². The van der Waals surface area contributed by atoms with Crippen LogP contribution in [0.5, 0.6) is 0 Å². The van der Waals surface area contributed by atoms with Gasteiger partial charge >= 0.3 is 6.03 Å². The number of rotatable bonds is 1. The Morgan fingerprint density at radius 3 is 2.88 bits per heavy atom. The number of nitrogens with zero attached hydrogens (tertiary/aromatic N) is 2. The maximum Gasteiger partial charge on any atom is 0.321 e. The number of benzene rings is 1. The summed E-state index contributed by atoms with van der Waals surface area (Å²) in [6.07, 6.45) is 3.83. The average molecular weight is 327 g/mol. The van der Waals surface area contributed by atoms with Crippen molar-refractivity contribution in [3.63, 3.8) is 0 Å². The molecule has 1 N–H and O–H groups in total. The van der Waals surface area contributed by atoms with Crippen molar-refractivity contribution in [3.05, 3.63) is 29.3 Å². The fraction of sp³-hybridized carbons (Fsp3) is 0.500. The molecule has 4 rings (SSSR count). The van der Waals surface area contributed by atoms with E-state index in [0.29, 0.717) is 38.2 Å². The quantitative estimate of drug-likeness (QED) is 0.858. The minimum Gasteiger partial charge on any atom is -0.336 e. The maximum atomic E-state index is 12.5. The highest BCUT2D eigenvalue weighted by atomic mass is 16.2. The Morgan fingerprint density at radius 1 is 1.12 bits per heavy atom. The summed E-state index contributed by atoms with van der Waals surface area (Å²) in [6, 6.07) is 5.60. The van der Waals surface area contributed by atoms with E-state index in [1.54, 1.807) is 11.0 Å². The number of carbonyl (C=O) groups is 3. The molecule has 6 heteroatoms. The van der Waals surface area contributed by atoms with Crippen molar-refractivity contribution >= 4 is 23.4 Å². The highest BCUT2D eigenvalue weighted by Crippen LogP contribution is 2.26. The maximum absolute atomic E-state index is 12.5. The van der Waals surface area contributed by atoms with Gasteiger partial charge in [-0.05, 0) is 37.0 Å². The number of aryl methyl sites for hydroxylation is 1. The molecule has 2 saturated heterocycles. The van der Waals surface area contributed by atoms with Crippen molar-refractivity contribution in [2.45, 2.75) is 38.1 Å². The van der Waals surface area contributed by atoms with Crippen molar-refractivity contribution in [1.82, 2.24) is 9.80 Å². The zero-order valence-corrected chi connectivity index (χ0v) is 13.6. The molecule has 0 saturated carbocycles. The first-order valence-electron chi connectivity index (χ1n) is 8.63. The predicted octanol–water partition coefficient (Wildman–Crippen LogP) is 2.04. The molecule has 3 amide bonds. The molecule has 0 radical (unpaired) electrons. The molecule has 6 nitrogen and oxygen atoms in total. The van der Waals surface area contributed by atoms with E-state index in [9.17, 15) is 14.4 Å². The number of amides is 3. The number of hydrogen-bond donors (Lipinski definition) is 1. The lowest BCUT2D eigenvalue weighted by Gasteiger charge is -2.37. The van der Waals surface area contributed by atoms with E-state index in [1.807, 2.05) is 17.0 Å². The molecule has 24 heavy (non-hydrogen) atoms. The molecular formula is C18H21N3O3. The van der Waals surface area contributed by atoms with Crippen molar-refractivity contribution < 1.29 is 14.4 Å². The smallest absolute Gasteiger partial charge is 0.321 e. The third-order valence-electron chi connectivity index (χ3n) is 5.29. The van der Waals surface area contributed by atoms with Gasteiger partial charge in [-0.1, -0.05) is 6.07 Å². The number of Topliss-reactive ketones (excluding diaryl/α,β-unsaturated/α-hetero) is 1. The molecule has 0 bridgehead atoms. The summed E-state index contributed by atoms with van der Waals surface area (Å²) in [5, 5.41) is 2.90. The van der Waals surface area contributed by atoms with Crippen LogP contribution in [-0.2, 0) is 11.2 Å². The van der Waals surface area contributed by atoms with Crippen molar-refractivity contribution in [3.8, 4) is 0 Å². The number of fused-ring (bicyclic) bond motifs is 2. The third-order valence-corrected chi connectivity index (χ3v) is 5.29. The third kappa shape index (κ3) is 2.66. The summed E-state index contributed by atoms with van der Waals surface area (Å²) >= 11 is 0. The number of anilines is 1. The van der Waals surface area contributed by atoms with Gasteiger partial charge in [0.2, 0.25) is 5.91 Å². The lowest BCUT2D eigenvalue weighted by molar-refractivity contribution is -0.130. The van der Waals surface area contributed by atoms with E-state index < -0.39 is 0 Å². The van der Waals surface area contributed by atoms with Crippen LogP contribution in [-0.4, -0.2) is 53.2 Å². The van der Waals surface area contributed by atoms with E-state index >= 15 is 0 Å². The minimum atomic E-state index is -0.155. The molecule has 1 aliphatic carbocycles. The summed E-state index contributed by atoms with van der Waals surface area (Å²) in [5.41, 5.74) is 2.48. The summed E-state index contributed by atoms with van der Waals surface area (Å²) < 4.78 is 0. The number of hydrogen-bond acceptors (Lipinski definition) is 3. The normalized spacial score (nSPS) is 23.1. The largest absolute Gasteiger partial charge is 0.336 e. The molecule has 1 unspecified atom stereocenters. The van der Waals surface area contributed by atoms with E-state index in [1.165, 1.54) is 0 Å².